The highest BCUT2D eigenvalue weighted by molar-refractivity contribution is 7.91. The Hall–Kier alpha value is -1.89. The minimum atomic E-state index is -3.02. The van der Waals surface area contributed by atoms with E-state index in [1.807, 2.05) is 6.07 Å². The van der Waals surface area contributed by atoms with Crippen LogP contribution in [-0.4, -0.2) is 55.8 Å². The number of rotatable bonds is 4. The van der Waals surface area contributed by atoms with Gasteiger partial charge in [0.25, 0.3) is 0 Å². The van der Waals surface area contributed by atoms with E-state index in [2.05, 4.69) is 17.4 Å². The van der Waals surface area contributed by atoms with E-state index in [4.69, 9.17) is 0 Å². The van der Waals surface area contributed by atoms with Crippen LogP contribution in [0.2, 0.25) is 0 Å². The summed E-state index contributed by atoms with van der Waals surface area (Å²) in [5, 5.41) is 2.73. The van der Waals surface area contributed by atoms with Crippen LogP contribution in [0.1, 0.15) is 30.0 Å². The van der Waals surface area contributed by atoms with Gasteiger partial charge in [-0.15, -0.1) is 0 Å². The highest BCUT2D eigenvalue weighted by Crippen LogP contribution is 2.23. The number of nitrogens with one attached hydrogen (secondary N) is 1. The first-order chi connectivity index (χ1) is 11.8. The van der Waals surface area contributed by atoms with Gasteiger partial charge in [-0.2, -0.15) is 0 Å². The number of sulfone groups is 1. The van der Waals surface area contributed by atoms with Crippen molar-refractivity contribution in [1.29, 1.82) is 0 Å². The molecule has 0 bridgehead atoms. The van der Waals surface area contributed by atoms with Crippen molar-refractivity contribution in [2.45, 2.75) is 38.6 Å². The van der Waals surface area contributed by atoms with Gasteiger partial charge in [0.15, 0.2) is 9.84 Å². The quantitative estimate of drug-likeness (QED) is 0.842. The lowest BCUT2D eigenvalue weighted by Gasteiger charge is -2.29. The van der Waals surface area contributed by atoms with Crippen LogP contribution in [0.5, 0.6) is 0 Å². The summed E-state index contributed by atoms with van der Waals surface area (Å²) >= 11 is 0. The first-order valence-corrected chi connectivity index (χ1v) is 10.6. The zero-order valence-corrected chi connectivity index (χ0v) is 15.3. The number of amides is 2. The molecule has 1 aromatic rings. The molecular weight excluding hydrogens is 340 g/mol. The number of aryl methyl sites for hydroxylation is 2. The summed E-state index contributed by atoms with van der Waals surface area (Å²) < 4.78 is 22.9. The van der Waals surface area contributed by atoms with Crippen LogP contribution in [0.3, 0.4) is 0 Å². The Kier molecular flexibility index (Phi) is 5.13. The van der Waals surface area contributed by atoms with Gasteiger partial charge in [0.05, 0.1) is 17.9 Å². The second kappa shape index (κ2) is 7.15. The molecule has 6 nitrogen and oxygen atoms in total. The Balaban J connectivity index is 1.53. The van der Waals surface area contributed by atoms with E-state index in [1.54, 1.807) is 6.92 Å². The van der Waals surface area contributed by atoms with Crippen LogP contribution in [0.4, 0.5) is 0 Å². The maximum Gasteiger partial charge on any atom is 0.244 e. The summed E-state index contributed by atoms with van der Waals surface area (Å²) in [5.74, 6) is -0.427. The minimum absolute atomic E-state index is 0.00542. The highest BCUT2D eigenvalue weighted by atomic mass is 32.2. The monoisotopic (exact) mass is 364 g/mol. The average Bonchev–Trinajstić information content (AvgIpc) is 3.01. The molecule has 3 rings (SSSR count). The molecule has 136 valence electrons. The van der Waals surface area contributed by atoms with Crippen LogP contribution in [0.25, 0.3) is 0 Å². The van der Waals surface area contributed by atoms with E-state index in [1.165, 1.54) is 22.4 Å². The Bertz CT molecular complexity index is 774. The van der Waals surface area contributed by atoms with Crippen molar-refractivity contribution in [3.63, 3.8) is 0 Å². The van der Waals surface area contributed by atoms with E-state index < -0.39 is 15.9 Å². The predicted molar refractivity (Wildman–Crippen MR) is 95.0 cm³/mol. The molecule has 1 unspecified atom stereocenters. The molecule has 1 aromatic carbocycles. The van der Waals surface area contributed by atoms with Crippen molar-refractivity contribution in [1.82, 2.24) is 10.2 Å². The Morgan fingerprint density at radius 2 is 1.84 bits per heavy atom. The number of fused-ring (bicyclic) bond motifs is 1. The van der Waals surface area contributed by atoms with E-state index in [9.17, 15) is 18.0 Å². The van der Waals surface area contributed by atoms with Crippen molar-refractivity contribution in [2.24, 2.45) is 0 Å². The fourth-order valence-corrected chi connectivity index (χ4v) is 4.68. The maximum atomic E-state index is 12.4. The molecule has 0 radical (unpaired) electrons. The van der Waals surface area contributed by atoms with Crippen molar-refractivity contribution in [3.8, 4) is 0 Å². The lowest BCUT2D eigenvalue weighted by molar-refractivity contribution is -0.135. The molecule has 25 heavy (non-hydrogen) atoms. The summed E-state index contributed by atoms with van der Waals surface area (Å²) in [7, 11) is -3.02. The average molecular weight is 364 g/mol. The second-order valence-electron chi connectivity index (χ2n) is 6.90. The number of carbonyl (C=O) groups is 2. The largest absolute Gasteiger partial charge is 0.344 e. The van der Waals surface area contributed by atoms with Crippen molar-refractivity contribution < 1.29 is 18.0 Å². The normalized spacial score (nSPS) is 20.0. The summed E-state index contributed by atoms with van der Waals surface area (Å²) in [5.41, 5.74) is 3.65. The van der Waals surface area contributed by atoms with E-state index >= 15 is 0 Å². The molecule has 0 aromatic heterocycles. The fraction of sp³-hybridized carbons (Fsp3) is 0.556. The first kappa shape index (κ1) is 17.9. The van der Waals surface area contributed by atoms with Crippen LogP contribution < -0.4 is 5.32 Å². The van der Waals surface area contributed by atoms with E-state index in [0.29, 0.717) is 0 Å². The lowest BCUT2D eigenvalue weighted by atomic mass is 10.0. The van der Waals surface area contributed by atoms with Gasteiger partial charge in [-0.05, 0) is 42.9 Å². The summed E-state index contributed by atoms with van der Waals surface area (Å²) in [6.07, 6.45) is 3.60. The molecule has 1 atom stereocenters. The number of hydrogen-bond acceptors (Lipinski definition) is 4. The van der Waals surface area contributed by atoms with Crippen molar-refractivity contribution in [2.75, 3.05) is 24.6 Å². The van der Waals surface area contributed by atoms with Crippen LogP contribution in [0, 0.1) is 0 Å². The third-order valence-electron chi connectivity index (χ3n) is 4.93. The van der Waals surface area contributed by atoms with E-state index in [0.717, 1.165) is 18.4 Å². The third kappa shape index (κ3) is 4.39. The molecule has 1 aliphatic carbocycles. The molecule has 1 fully saturated rings. The SMILES string of the molecule is CC(NC(=O)Cc1ccc2c(c1)CCC2)C(=O)N1CCS(=O)(=O)CC1. The Morgan fingerprint density at radius 1 is 1.16 bits per heavy atom. The molecule has 0 spiro atoms. The summed E-state index contributed by atoms with van der Waals surface area (Å²) in [6, 6.07) is 5.51. The minimum Gasteiger partial charge on any atom is -0.344 e. The zero-order chi connectivity index (χ0) is 18.0. The third-order valence-corrected chi connectivity index (χ3v) is 6.54. The van der Waals surface area contributed by atoms with Crippen molar-refractivity contribution >= 4 is 21.7 Å². The summed E-state index contributed by atoms with van der Waals surface area (Å²) in [6.45, 7) is 2.05. The smallest absolute Gasteiger partial charge is 0.244 e. The van der Waals surface area contributed by atoms with Gasteiger partial charge in [0.1, 0.15) is 6.04 Å². The van der Waals surface area contributed by atoms with Gasteiger partial charge < -0.3 is 10.2 Å². The van der Waals surface area contributed by atoms with Gasteiger partial charge in [-0.3, -0.25) is 9.59 Å². The van der Waals surface area contributed by atoms with Gasteiger partial charge in [0.2, 0.25) is 11.8 Å². The molecule has 2 aliphatic rings. The van der Waals surface area contributed by atoms with E-state index in [-0.39, 0.29) is 42.8 Å². The van der Waals surface area contributed by atoms with Crippen LogP contribution in [-0.2, 0) is 38.7 Å². The van der Waals surface area contributed by atoms with Crippen molar-refractivity contribution in [3.05, 3.63) is 34.9 Å². The predicted octanol–water partition coefficient (Wildman–Crippen LogP) is 0.480. The number of benzene rings is 1. The molecule has 1 aliphatic heterocycles. The maximum absolute atomic E-state index is 12.4. The fourth-order valence-electron chi connectivity index (χ4n) is 3.48. The van der Waals surface area contributed by atoms with Gasteiger partial charge in [-0.1, -0.05) is 18.2 Å². The first-order valence-electron chi connectivity index (χ1n) is 8.73. The zero-order valence-electron chi connectivity index (χ0n) is 14.5. The van der Waals surface area contributed by atoms with Crippen LogP contribution in [0.15, 0.2) is 18.2 Å². The lowest BCUT2D eigenvalue weighted by Crippen LogP contribution is -2.51. The Morgan fingerprint density at radius 3 is 2.56 bits per heavy atom. The summed E-state index contributed by atoms with van der Waals surface area (Å²) in [4.78, 5) is 26.1. The number of nitrogens with zero attached hydrogens (tertiary/aromatic N) is 1. The number of hydrogen-bond donors (Lipinski definition) is 1. The number of carbonyl (C=O) groups excluding carboxylic acids is 2. The van der Waals surface area contributed by atoms with Gasteiger partial charge in [-0.25, -0.2) is 8.42 Å². The molecule has 1 saturated heterocycles. The van der Waals surface area contributed by atoms with Crippen LogP contribution >= 0.6 is 0 Å². The standard InChI is InChI=1S/C18H24N2O4S/c1-13(18(22)20-7-9-25(23,24)10-8-20)19-17(21)12-14-5-6-15-3-2-4-16(15)11-14/h5-6,11,13H,2-4,7-10,12H2,1H3,(H,19,21). The molecule has 0 saturated carbocycles. The highest BCUT2D eigenvalue weighted by Gasteiger charge is 2.28. The molecule has 7 heteroatoms. The second-order valence-corrected chi connectivity index (χ2v) is 9.20. The molecule has 2 amide bonds. The Labute approximate surface area is 148 Å². The van der Waals surface area contributed by atoms with Gasteiger partial charge in [0, 0.05) is 13.1 Å². The van der Waals surface area contributed by atoms with Gasteiger partial charge >= 0.3 is 0 Å². The molecular formula is C18H24N2O4S. The topological polar surface area (TPSA) is 83.6 Å². The molecule has 1 heterocycles. The molecule has 1 N–H and O–H groups in total.